The lowest BCUT2D eigenvalue weighted by Crippen LogP contribution is -2.36. The Hall–Kier alpha value is -1.11. The molecule has 0 unspecified atom stereocenters. The van der Waals surface area contributed by atoms with E-state index in [1.807, 2.05) is 0 Å². The van der Waals surface area contributed by atoms with Crippen LogP contribution >= 0.6 is 11.6 Å². The van der Waals surface area contributed by atoms with Crippen LogP contribution in [-0.2, 0) is 16.6 Å². The van der Waals surface area contributed by atoms with Crippen LogP contribution in [-0.4, -0.2) is 25.2 Å². The molecule has 114 valence electrons. The topological polar surface area (TPSA) is 80.5 Å². The lowest BCUT2D eigenvalue weighted by atomic mass is 9.94. The van der Waals surface area contributed by atoms with Crippen molar-refractivity contribution in [2.24, 2.45) is 5.14 Å². The number of fused-ring (bicyclic) bond motifs is 1. The van der Waals surface area contributed by atoms with Crippen molar-refractivity contribution in [3.05, 3.63) is 28.3 Å². The van der Waals surface area contributed by atoms with Gasteiger partial charge in [-0.2, -0.15) is 0 Å². The molecule has 21 heavy (non-hydrogen) atoms. The maximum atomic E-state index is 13.1. The van der Waals surface area contributed by atoms with E-state index >= 15 is 0 Å². The number of primary sulfonamides is 1. The van der Waals surface area contributed by atoms with Gasteiger partial charge in [-0.15, -0.1) is 0 Å². The number of sulfonamides is 1. The molecule has 2 N–H and O–H groups in total. The van der Waals surface area contributed by atoms with E-state index < -0.39 is 75.8 Å². The van der Waals surface area contributed by atoms with Gasteiger partial charge < -0.3 is 4.90 Å². The molecular formula is C14H17ClN2O3S. The highest BCUT2D eigenvalue weighted by atomic mass is 35.5. The summed E-state index contributed by atoms with van der Waals surface area (Å²) in [5, 5.41) is 4.65. The van der Waals surface area contributed by atoms with Crippen LogP contribution in [0.4, 0.5) is 0 Å². The first-order chi connectivity index (χ1) is 14.0. The van der Waals surface area contributed by atoms with Crippen LogP contribution in [0.3, 0.4) is 0 Å². The van der Waals surface area contributed by atoms with Crippen molar-refractivity contribution in [1.82, 2.24) is 4.90 Å². The summed E-state index contributed by atoms with van der Waals surface area (Å²) in [4.78, 5) is 12.7. The van der Waals surface area contributed by atoms with Crippen LogP contribution in [0.5, 0.6) is 0 Å². The van der Waals surface area contributed by atoms with Crippen LogP contribution < -0.4 is 5.14 Å². The molecule has 1 heterocycles. The Morgan fingerprint density at radius 1 is 1.33 bits per heavy atom. The number of hydrogen-bond acceptors (Lipinski definition) is 3. The van der Waals surface area contributed by atoms with E-state index in [0.29, 0.717) is 0 Å². The predicted octanol–water partition coefficient (Wildman–Crippen LogP) is 2.28. The molecule has 7 heteroatoms. The van der Waals surface area contributed by atoms with Crippen LogP contribution in [0.2, 0.25) is 5.02 Å². The molecule has 1 amide bonds. The van der Waals surface area contributed by atoms with Gasteiger partial charge in [0.05, 0.1) is 6.39 Å². The van der Waals surface area contributed by atoms with E-state index in [4.69, 9.17) is 31.8 Å². The zero-order valence-corrected chi connectivity index (χ0v) is 12.0. The second kappa shape index (κ2) is 5.26. The van der Waals surface area contributed by atoms with Crippen molar-refractivity contribution in [1.29, 1.82) is 0 Å². The first-order valence-corrected chi connectivity index (χ1v) is 7.61. The lowest BCUT2D eigenvalue weighted by Gasteiger charge is -2.30. The van der Waals surface area contributed by atoms with Crippen molar-refractivity contribution in [2.45, 2.75) is 49.3 Å². The lowest BCUT2D eigenvalue weighted by molar-refractivity contribution is 0.0660. The summed E-state index contributed by atoms with van der Waals surface area (Å²) in [6.45, 7) is -0.740. The minimum Gasteiger partial charge on any atom is -0.331 e. The molecule has 1 aromatic rings. The average molecular weight is 340 g/mol. The SMILES string of the molecule is [2H]C1([2H])C([2H])([2H])C([2H])([2H])C([2H])(N2Cc3cc(Cl)c(S(N)(=O)=O)cc3C2=O)C([2H])([2H])C1([2H])[2H]. The summed E-state index contributed by atoms with van der Waals surface area (Å²) >= 11 is 5.89. The molecule has 0 radical (unpaired) electrons. The van der Waals surface area contributed by atoms with E-state index in [2.05, 4.69) is 0 Å². The van der Waals surface area contributed by atoms with E-state index in [1.165, 1.54) is 0 Å². The molecular weight excluding hydrogens is 312 g/mol. The Bertz CT molecular complexity index is 1110. The molecule has 2 aliphatic rings. The molecule has 1 aliphatic heterocycles. The van der Waals surface area contributed by atoms with Gasteiger partial charge in [-0.1, -0.05) is 30.7 Å². The number of nitrogens with two attached hydrogens (primary N) is 1. The molecule has 1 fully saturated rings. The van der Waals surface area contributed by atoms with Crippen LogP contribution in [0.1, 0.15) is 62.9 Å². The van der Waals surface area contributed by atoms with Crippen LogP contribution in [0.25, 0.3) is 0 Å². The summed E-state index contributed by atoms with van der Waals surface area (Å²) in [7, 11) is -4.40. The van der Waals surface area contributed by atoms with E-state index in [0.717, 1.165) is 12.1 Å². The standard InChI is InChI=1S/C14H17ClN2O3S/c15-12-6-9-8-17(10-4-2-1-3-5-10)14(18)11(9)7-13(12)21(16,19)20/h6-7,10H,1-5,8H2,(H2,16,19,20)/i1D2,2D2,3D2,4D2,5D2,10D. The van der Waals surface area contributed by atoms with Gasteiger partial charge in [0.15, 0.2) is 0 Å². The second-order valence-corrected chi connectivity index (χ2v) is 6.29. The quantitative estimate of drug-likeness (QED) is 0.897. The highest BCUT2D eigenvalue weighted by Gasteiger charge is 2.34. The normalized spacial score (nSPS) is 41.1. The Balaban J connectivity index is 2.29. The fraction of sp³-hybridized carbons (Fsp3) is 0.500. The van der Waals surface area contributed by atoms with Crippen LogP contribution in [0, 0.1) is 0 Å². The number of amides is 1. The number of benzene rings is 1. The van der Waals surface area contributed by atoms with Gasteiger partial charge in [0.1, 0.15) is 4.90 Å². The van der Waals surface area contributed by atoms with Crippen molar-refractivity contribution in [3.8, 4) is 0 Å². The number of carbonyl (C=O) groups excluding carboxylic acids is 1. The fourth-order valence-corrected chi connectivity index (χ4v) is 3.21. The van der Waals surface area contributed by atoms with Gasteiger partial charge >= 0.3 is 0 Å². The average Bonchev–Trinajstić information content (AvgIpc) is 2.93. The third kappa shape index (κ3) is 2.67. The largest absolute Gasteiger partial charge is 0.331 e. The van der Waals surface area contributed by atoms with Crippen molar-refractivity contribution in [2.75, 3.05) is 0 Å². The third-order valence-corrected chi connectivity index (χ3v) is 4.40. The van der Waals surface area contributed by atoms with Gasteiger partial charge in [-0.05, 0) is 30.4 Å². The Morgan fingerprint density at radius 2 is 2.00 bits per heavy atom. The molecule has 1 aromatic carbocycles. The van der Waals surface area contributed by atoms with Gasteiger partial charge in [-0.25, -0.2) is 13.6 Å². The molecule has 0 aromatic heterocycles. The summed E-state index contributed by atoms with van der Waals surface area (Å²) in [5.41, 5.74) is -0.480. The van der Waals surface area contributed by atoms with Gasteiger partial charge in [0.2, 0.25) is 10.0 Å². The first kappa shape index (κ1) is 6.56. The molecule has 5 nitrogen and oxygen atoms in total. The summed E-state index contributed by atoms with van der Waals surface area (Å²) in [6, 6.07) is -1.87. The summed E-state index contributed by atoms with van der Waals surface area (Å²) in [6.07, 6.45) is -18.8. The molecule has 3 rings (SSSR count). The molecule has 1 aliphatic carbocycles. The maximum absolute atomic E-state index is 13.1. The smallest absolute Gasteiger partial charge is 0.254 e. The van der Waals surface area contributed by atoms with Crippen molar-refractivity contribution in [3.63, 3.8) is 0 Å². The summed E-state index contributed by atoms with van der Waals surface area (Å²) < 4.78 is 113. The van der Waals surface area contributed by atoms with Gasteiger partial charge in [-0.3, -0.25) is 4.79 Å². The Morgan fingerprint density at radius 3 is 2.62 bits per heavy atom. The number of nitrogens with zero attached hydrogens (tertiary/aromatic N) is 1. The van der Waals surface area contributed by atoms with E-state index in [9.17, 15) is 13.2 Å². The number of hydrogen-bond donors (Lipinski definition) is 1. The second-order valence-electron chi connectivity index (χ2n) is 4.35. The fourth-order valence-electron chi connectivity index (χ4n) is 2.09. The van der Waals surface area contributed by atoms with Crippen LogP contribution in [0.15, 0.2) is 17.0 Å². The Kier molecular flexibility index (Phi) is 1.64. The van der Waals surface area contributed by atoms with Gasteiger partial charge in [0, 0.05) is 31.8 Å². The highest BCUT2D eigenvalue weighted by Crippen LogP contribution is 2.34. The predicted molar refractivity (Wildman–Crippen MR) is 79.6 cm³/mol. The van der Waals surface area contributed by atoms with E-state index in [1.54, 1.807) is 0 Å². The molecule has 0 bridgehead atoms. The minimum atomic E-state index is -4.40. The number of halogens is 1. The molecule has 1 saturated carbocycles. The zero-order chi connectivity index (χ0) is 25.1. The van der Waals surface area contributed by atoms with Crippen molar-refractivity contribution < 1.29 is 28.3 Å². The highest BCUT2D eigenvalue weighted by molar-refractivity contribution is 7.89. The van der Waals surface area contributed by atoms with E-state index in [-0.39, 0.29) is 10.5 Å². The van der Waals surface area contributed by atoms with Crippen molar-refractivity contribution >= 4 is 27.5 Å². The maximum Gasteiger partial charge on any atom is 0.254 e. The number of rotatable bonds is 2. The Labute approximate surface area is 144 Å². The molecule has 0 atom stereocenters. The monoisotopic (exact) mass is 339 g/mol. The van der Waals surface area contributed by atoms with Gasteiger partial charge in [0.25, 0.3) is 5.91 Å². The molecule has 0 saturated heterocycles. The summed E-state index contributed by atoms with van der Waals surface area (Å²) in [5.74, 6) is -1.29. The molecule has 0 spiro atoms. The zero-order valence-electron chi connectivity index (χ0n) is 21.4. The number of carbonyl (C=O) groups is 1. The minimum absolute atomic E-state index is 0.0552. The third-order valence-electron chi connectivity index (χ3n) is 3.02. The first-order valence-electron chi connectivity index (χ1n) is 11.2.